The standard InChI is InChI=1S/C58H116NO11P/c1-3-5-7-9-11-13-15-17-18-19-20-21-22-23-24-25-26-27-28-29-30-31-32-33-34-36-38-40-42-44-46-48-52(61)59-50(51(60)47-45-43-41-39-37-35-16-14-12-10-8-6-4-2)49-69-71(67,68)70-58-56(65)54(63)53(62)55(64)57(58)66/h50-51,53-58,60,62-66H,3-49H2,1-2H3,(H,59,61)(H,67,68)/t50-,51+,53?,54+,55?,56?,57?,58?/m0/s1. The zero-order chi connectivity index (χ0) is 52.1. The number of aliphatic hydroxyl groups is 6. The number of carbonyl (C=O) groups excluding carboxylic acids is 1. The van der Waals surface area contributed by atoms with Crippen molar-refractivity contribution in [2.45, 2.75) is 358 Å². The zero-order valence-corrected chi connectivity index (χ0v) is 47.0. The lowest BCUT2D eigenvalue weighted by Crippen LogP contribution is -2.64. The topological polar surface area (TPSA) is 206 Å². The third kappa shape index (κ3) is 38.5. The fourth-order valence-electron chi connectivity index (χ4n) is 10.3. The van der Waals surface area contributed by atoms with Crippen LogP contribution in [0.4, 0.5) is 0 Å². The molecule has 13 heteroatoms. The number of carbonyl (C=O) groups is 1. The van der Waals surface area contributed by atoms with Crippen LogP contribution >= 0.6 is 7.82 Å². The Morgan fingerprint density at radius 3 is 0.972 bits per heavy atom. The molecule has 1 amide bonds. The summed E-state index contributed by atoms with van der Waals surface area (Å²) >= 11 is 0. The number of hydrogen-bond donors (Lipinski definition) is 8. The van der Waals surface area contributed by atoms with Crippen LogP contribution in [0.25, 0.3) is 0 Å². The van der Waals surface area contributed by atoms with Crippen molar-refractivity contribution in [2.75, 3.05) is 6.61 Å². The molecule has 71 heavy (non-hydrogen) atoms. The maximum atomic E-state index is 13.1. The van der Waals surface area contributed by atoms with Crippen molar-refractivity contribution in [3.63, 3.8) is 0 Å². The summed E-state index contributed by atoms with van der Waals surface area (Å²) in [6.07, 6.45) is 44.5. The quantitative estimate of drug-likeness (QED) is 0.0212. The van der Waals surface area contributed by atoms with Gasteiger partial charge in [0.25, 0.3) is 0 Å². The van der Waals surface area contributed by atoms with Crippen molar-refractivity contribution >= 4 is 13.7 Å². The molecule has 12 nitrogen and oxygen atoms in total. The molecule has 0 aromatic heterocycles. The maximum Gasteiger partial charge on any atom is 0.472 e. The van der Waals surface area contributed by atoms with E-state index in [1.165, 1.54) is 231 Å². The predicted molar refractivity (Wildman–Crippen MR) is 292 cm³/mol. The van der Waals surface area contributed by atoms with Gasteiger partial charge in [0.1, 0.15) is 36.6 Å². The number of phosphoric acid groups is 1. The average Bonchev–Trinajstić information content (AvgIpc) is 3.35. The van der Waals surface area contributed by atoms with E-state index < -0.39 is 63.2 Å². The summed E-state index contributed by atoms with van der Waals surface area (Å²) in [6, 6.07) is -1.03. The maximum absolute atomic E-state index is 13.1. The van der Waals surface area contributed by atoms with Gasteiger partial charge < -0.3 is 40.8 Å². The molecule has 9 atom stereocenters. The molecule has 424 valence electrons. The van der Waals surface area contributed by atoms with Crippen LogP contribution in [0.15, 0.2) is 0 Å². The Labute approximate surface area is 436 Å². The lowest BCUT2D eigenvalue weighted by atomic mass is 9.85. The third-order valence-corrected chi connectivity index (χ3v) is 16.2. The smallest absolute Gasteiger partial charge is 0.391 e. The molecule has 8 N–H and O–H groups in total. The van der Waals surface area contributed by atoms with Crippen molar-refractivity contribution in [3.05, 3.63) is 0 Å². The van der Waals surface area contributed by atoms with Crippen molar-refractivity contribution in [1.82, 2.24) is 5.32 Å². The Morgan fingerprint density at radius 2 is 0.676 bits per heavy atom. The van der Waals surface area contributed by atoms with Gasteiger partial charge in [-0.3, -0.25) is 13.8 Å². The fraction of sp³-hybridized carbons (Fsp3) is 0.983. The van der Waals surface area contributed by atoms with Gasteiger partial charge in [0.05, 0.1) is 18.8 Å². The van der Waals surface area contributed by atoms with Crippen molar-refractivity contribution in [2.24, 2.45) is 0 Å². The molecule has 1 rings (SSSR count). The van der Waals surface area contributed by atoms with Gasteiger partial charge in [0, 0.05) is 6.42 Å². The van der Waals surface area contributed by atoms with Gasteiger partial charge in [-0.25, -0.2) is 4.57 Å². The monoisotopic (exact) mass is 1030 g/mol. The lowest BCUT2D eigenvalue weighted by molar-refractivity contribution is -0.220. The number of aliphatic hydroxyl groups excluding tert-OH is 6. The minimum atomic E-state index is -5.06. The highest BCUT2D eigenvalue weighted by Gasteiger charge is 2.51. The van der Waals surface area contributed by atoms with Gasteiger partial charge in [-0.1, -0.05) is 290 Å². The van der Waals surface area contributed by atoms with E-state index in [4.69, 9.17) is 9.05 Å². The van der Waals surface area contributed by atoms with Crippen LogP contribution < -0.4 is 5.32 Å². The van der Waals surface area contributed by atoms with Crippen molar-refractivity contribution in [1.29, 1.82) is 0 Å². The first kappa shape index (κ1) is 68.4. The highest BCUT2D eigenvalue weighted by molar-refractivity contribution is 7.47. The number of amides is 1. The molecule has 6 unspecified atom stereocenters. The molecule has 0 radical (unpaired) electrons. The highest BCUT2D eigenvalue weighted by atomic mass is 31.2. The first-order valence-electron chi connectivity index (χ1n) is 30.5. The van der Waals surface area contributed by atoms with Crippen LogP contribution in [0.3, 0.4) is 0 Å². The van der Waals surface area contributed by atoms with E-state index in [0.29, 0.717) is 19.3 Å². The summed E-state index contributed by atoms with van der Waals surface area (Å²) in [4.78, 5) is 23.6. The molecule has 1 aliphatic rings. The van der Waals surface area contributed by atoms with Gasteiger partial charge in [-0.05, 0) is 12.8 Å². The Balaban J connectivity index is 2.19. The summed E-state index contributed by atoms with van der Waals surface area (Å²) in [5.41, 5.74) is 0. The summed E-state index contributed by atoms with van der Waals surface area (Å²) in [6.45, 7) is 3.93. The largest absolute Gasteiger partial charge is 0.472 e. The van der Waals surface area contributed by atoms with Crippen LogP contribution in [-0.4, -0.2) is 96.8 Å². The molecule has 0 spiro atoms. The van der Waals surface area contributed by atoms with E-state index >= 15 is 0 Å². The summed E-state index contributed by atoms with van der Waals surface area (Å²) < 4.78 is 23.1. The van der Waals surface area contributed by atoms with Crippen molar-refractivity contribution in [3.8, 4) is 0 Å². The summed E-state index contributed by atoms with van der Waals surface area (Å²) in [7, 11) is -5.06. The number of unbranched alkanes of at least 4 members (excludes halogenated alkanes) is 42. The second kappa shape index (κ2) is 47.8. The lowest BCUT2D eigenvalue weighted by Gasteiger charge is -2.41. The van der Waals surface area contributed by atoms with Gasteiger partial charge in [0.2, 0.25) is 5.91 Å². The number of hydrogen-bond acceptors (Lipinski definition) is 10. The molecule has 0 aliphatic heterocycles. The van der Waals surface area contributed by atoms with E-state index in [9.17, 15) is 44.9 Å². The minimum Gasteiger partial charge on any atom is -0.391 e. The van der Waals surface area contributed by atoms with Gasteiger partial charge in [-0.15, -0.1) is 0 Å². The Morgan fingerprint density at radius 1 is 0.423 bits per heavy atom. The van der Waals surface area contributed by atoms with E-state index in [1.807, 2.05) is 0 Å². The first-order valence-corrected chi connectivity index (χ1v) is 32.0. The van der Waals surface area contributed by atoms with Gasteiger partial charge in [-0.2, -0.15) is 0 Å². The number of rotatable bonds is 53. The number of phosphoric ester groups is 1. The Kier molecular flexibility index (Phi) is 46.0. The van der Waals surface area contributed by atoms with Crippen molar-refractivity contribution < 1.29 is 53.9 Å². The molecule has 1 saturated carbocycles. The van der Waals surface area contributed by atoms with E-state index in [2.05, 4.69) is 19.2 Å². The van der Waals surface area contributed by atoms with Crippen LogP contribution in [0.5, 0.6) is 0 Å². The third-order valence-electron chi connectivity index (χ3n) is 15.2. The van der Waals surface area contributed by atoms with Gasteiger partial charge >= 0.3 is 7.82 Å². The van der Waals surface area contributed by atoms with Crippen LogP contribution in [0, 0.1) is 0 Å². The molecule has 0 heterocycles. The highest BCUT2D eigenvalue weighted by Crippen LogP contribution is 2.47. The predicted octanol–water partition coefficient (Wildman–Crippen LogP) is 14.1. The van der Waals surface area contributed by atoms with Gasteiger partial charge in [0.15, 0.2) is 0 Å². The van der Waals surface area contributed by atoms with Crippen LogP contribution in [0.1, 0.15) is 309 Å². The minimum absolute atomic E-state index is 0.243. The van der Waals surface area contributed by atoms with E-state index in [0.717, 1.165) is 38.5 Å². The fourth-order valence-corrected chi connectivity index (χ4v) is 11.2. The molecule has 1 aliphatic carbocycles. The Bertz CT molecular complexity index is 1200. The second-order valence-electron chi connectivity index (χ2n) is 21.9. The average molecular weight is 1030 g/mol. The van der Waals surface area contributed by atoms with Crippen LogP contribution in [0.2, 0.25) is 0 Å². The molecule has 0 bridgehead atoms. The second-order valence-corrected chi connectivity index (χ2v) is 23.3. The summed E-state index contributed by atoms with van der Waals surface area (Å²) in [5, 5.41) is 64.4. The molecule has 0 saturated heterocycles. The molecule has 1 fully saturated rings. The Hall–Kier alpha value is -0.660. The SMILES string of the molecule is CCCCCCCCCCCCCCCCCCCCCCCCCCCCCCCCCC(=O)N[C@@H](COP(=O)(O)OC1C(O)C(O)C(O)[C@@H](O)C1O)[C@H](O)CCCCCCCCCCCCCCC. The molecular weight excluding hydrogens is 918 g/mol. The van der Waals surface area contributed by atoms with E-state index in [-0.39, 0.29) is 12.3 Å². The molecule has 0 aromatic carbocycles. The molecule has 0 aromatic rings. The number of nitrogens with one attached hydrogen (secondary N) is 1. The first-order chi connectivity index (χ1) is 34.4. The summed E-state index contributed by atoms with van der Waals surface area (Å²) in [5.74, 6) is -0.300. The zero-order valence-electron chi connectivity index (χ0n) is 46.1. The molecular formula is C58H116NO11P. The van der Waals surface area contributed by atoms with Crippen LogP contribution in [-0.2, 0) is 18.4 Å². The van der Waals surface area contributed by atoms with E-state index in [1.54, 1.807) is 0 Å². The normalized spacial score (nSPS) is 21.1.